The lowest BCUT2D eigenvalue weighted by Gasteiger charge is -2.35. The van der Waals surface area contributed by atoms with Gasteiger partial charge in [0.15, 0.2) is 0 Å². The molecule has 6 heteroatoms. The lowest BCUT2D eigenvalue weighted by atomic mass is 9.87. The Bertz CT molecular complexity index is 1040. The number of anilines is 2. The van der Waals surface area contributed by atoms with Gasteiger partial charge >= 0.3 is 0 Å². The van der Waals surface area contributed by atoms with Crippen molar-refractivity contribution in [3.63, 3.8) is 0 Å². The van der Waals surface area contributed by atoms with Crippen LogP contribution in [0, 0.1) is 0 Å². The fourth-order valence-corrected chi connectivity index (χ4v) is 3.88. The van der Waals surface area contributed by atoms with Crippen LogP contribution in [0.5, 0.6) is 0 Å². The fourth-order valence-electron chi connectivity index (χ4n) is 3.88. The van der Waals surface area contributed by atoms with Gasteiger partial charge in [-0.1, -0.05) is 63.2 Å². The van der Waals surface area contributed by atoms with Crippen LogP contribution in [0.4, 0.5) is 11.6 Å². The molecule has 4 rings (SSSR count). The van der Waals surface area contributed by atoms with Crippen molar-refractivity contribution in [2.24, 2.45) is 0 Å². The molecule has 0 bridgehead atoms. The summed E-state index contributed by atoms with van der Waals surface area (Å²) >= 11 is 0. The molecule has 0 radical (unpaired) electrons. The molecule has 1 aromatic heterocycles. The van der Waals surface area contributed by atoms with E-state index in [1.807, 2.05) is 36.4 Å². The van der Waals surface area contributed by atoms with E-state index in [0.717, 1.165) is 38.5 Å². The Morgan fingerprint density at radius 2 is 1.62 bits per heavy atom. The lowest BCUT2D eigenvalue weighted by molar-refractivity contribution is 0.102. The zero-order valence-corrected chi connectivity index (χ0v) is 19.1. The van der Waals surface area contributed by atoms with Crippen molar-refractivity contribution >= 4 is 17.5 Å². The van der Waals surface area contributed by atoms with E-state index < -0.39 is 0 Å². The van der Waals surface area contributed by atoms with E-state index >= 15 is 0 Å². The molecule has 1 N–H and O–H groups in total. The number of hydrogen-bond donors (Lipinski definition) is 1. The van der Waals surface area contributed by atoms with E-state index in [0.29, 0.717) is 11.4 Å². The molecule has 0 saturated carbocycles. The third-order valence-electron chi connectivity index (χ3n) is 5.85. The van der Waals surface area contributed by atoms with Crippen LogP contribution in [-0.4, -0.2) is 47.0 Å². The first-order valence-electron chi connectivity index (χ1n) is 11.1. The Balaban J connectivity index is 1.35. The van der Waals surface area contributed by atoms with Crippen molar-refractivity contribution in [2.45, 2.75) is 32.7 Å². The molecule has 1 amide bonds. The smallest absolute Gasteiger partial charge is 0.256 e. The number of carbonyl (C=O) groups excluding carboxylic acids is 1. The van der Waals surface area contributed by atoms with Crippen molar-refractivity contribution in [1.82, 2.24) is 14.9 Å². The normalized spacial score (nSPS) is 14.9. The Labute approximate surface area is 190 Å². The molecule has 166 valence electrons. The molecule has 3 aromatic rings. The standard InChI is InChI=1S/C26H31N5O/c1-26(2,3)22-11-9-21(10-12-22)25(32)29-23-17-24(28-19-27-23)31-15-13-30(14-16-31)18-20-7-5-4-6-8-20/h4-12,17,19H,13-16,18H2,1-3H3,(H,27,28,29,32). The van der Waals surface area contributed by atoms with Gasteiger partial charge < -0.3 is 10.2 Å². The van der Waals surface area contributed by atoms with Crippen molar-refractivity contribution in [2.75, 3.05) is 36.4 Å². The summed E-state index contributed by atoms with van der Waals surface area (Å²) in [6.45, 7) is 11.2. The topological polar surface area (TPSA) is 61.4 Å². The number of hydrogen-bond acceptors (Lipinski definition) is 5. The summed E-state index contributed by atoms with van der Waals surface area (Å²) in [7, 11) is 0. The van der Waals surface area contributed by atoms with Crippen LogP contribution >= 0.6 is 0 Å². The second kappa shape index (κ2) is 9.49. The minimum atomic E-state index is -0.164. The zero-order valence-electron chi connectivity index (χ0n) is 19.1. The molecular weight excluding hydrogens is 398 g/mol. The average molecular weight is 430 g/mol. The molecule has 0 unspecified atom stereocenters. The van der Waals surface area contributed by atoms with Crippen molar-refractivity contribution in [3.8, 4) is 0 Å². The van der Waals surface area contributed by atoms with Crippen LogP contribution in [0.15, 0.2) is 67.0 Å². The molecule has 1 aliphatic heterocycles. The summed E-state index contributed by atoms with van der Waals surface area (Å²) in [6, 6.07) is 20.2. The monoisotopic (exact) mass is 429 g/mol. The third kappa shape index (κ3) is 5.51. The van der Waals surface area contributed by atoms with Gasteiger partial charge in [-0.3, -0.25) is 9.69 Å². The van der Waals surface area contributed by atoms with E-state index in [1.165, 1.54) is 17.5 Å². The lowest BCUT2D eigenvalue weighted by Crippen LogP contribution is -2.46. The van der Waals surface area contributed by atoms with Gasteiger partial charge in [-0.05, 0) is 28.7 Å². The van der Waals surface area contributed by atoms with Gasteiger partial charge in [-0.2, -0.15) is 0 Å². The number of nitrogens with zero attached hydrogens (tertiary/aromatic N) is 4. The van der Waals surface area contributed by atoms with Crippen molar-refractivity contribution in [1.29, 1.82) is 0 Å². The first-order chi connectivity index (χ1) is 15.4. The molecule has 1 fully saturated rings. The number of rotatable bonds is 5. The molecule has 0 spiro atoms. The van der Waals surface area contributed by atoms with Gasteiger partial charge in [-0.25, -0.2) is 9.97 Å². The highest BCUT2D eigenvalue weighted by Gasteiger charge is 2.19. The van der Waals surface area contributed by atoms with Crippen molar-refractivity contribution < 1.29 is 4.79 Å². The highest BCUT2D eigenvalue weighted by Crippen LogP contribution is 2.23. The molecule has 2 heterocycles. The molecule has 1 saturated heterocycles. The van der Waals surface area contributed by atoms with Gasteiger partial charge in [0.2, 0.25) is 0 Å². The maximum Gasteiger partial charge on any atom is 0.256 e. The summed E-state index contributed by atoms with van der Waals surface area (Å²) in [4.78, 5) is 26.1. The van der Waals surface area contributed by atoms with Gasteiger partial charge in [0, 0.05) is 44.4 Å². The van der Waals surface area contributed by atoms with Gasteiger partial charge in [0.25, 0.3) is 5.91 Å². The number of amides is 1. The maximum atomic E-state index is 12.7. The van der Waals surface area contributed by atoms with Crippen molar-refractivity contribution in [3.05, 3.63) is 83.7 Å². The van der Waals surface area contributed by atoms with E-state index in [-0.39, 0.29) is 11.3 Å². The number of benzene rings is 2. The Kier molecular flexibility index (Phi) is 6.51. The van der Waals surface area contributed by atoms with Gasteiger partial charge in [0.1, 0.15) is 18.0 Å². The number of carbonyl (C=O) groups is 1. The van der Waals surface area contributed by atoms with E-state index in [1.54, 1.807) is 0 Å². The molecule has 0 atom stereocenters. The predicted molar refractivity (Wildman–Crippen MR) is 129 cm³/mol. The molecule has 1 aliphatic rings. The first-order valence-corrected chi connectivity index (χ1v) is 11.1. The highest BCUT2D eigenvalue weighted by molar-refractivity contribution is 6.03. The number of piperazine rings is 1. The molecule has 2 aromatic carbocycles. The summed E-state index contributed by atoms with van der Waals surface area (Å²) in [5.74, 6) is 1.20. The fraction of sp³-hybridized carbons (Fsp3) is 0.346. The Morgan fingerprint density at radius 1 is 0.938 bits per heavy atom. The highest BCUT2D eigenvalue weighted by atomic mass is 16.1. The number of aromatic nitrogens is 2. The third-order valence-corrected chi connectivity index (χ3v) is 5.85. The van der Waals surface area contributed by atoms with Crippen LogP contribution in [0.3, 0.4) is 0 Å². The van der Waals surface area contributed by atoms with E-state index in [2.05, 4.69) is 70.1 Å². The minimum absolute atomic E-state index is 0.0572. The van der Waals surface area contributed by atoms with E-state index in [9.17, 15) is 4.79 Å². The predicted octanol–water partition coefficient (Wildman–Crippen LogP) is 4.35. The van der Waals surface area contributed by atoms with Crippen LogP contribution in [-0.2, 0) is 12.0 Å². The summed E-state index contributed by atoms with van der Waals surface area (Å²) in [6.07, 6.45) is 1.52. The van der Waals surface area contributed by atoms with Crippen LogP contribution in [0.25, 0.3) is 0 Å². The molecular formula is C26H31N5O. The molecule has 0 aliphatic carbocycles. The Morgan fingerprint density at radius 3 is 2.28 bits per heavy atom. The second-order valence-corrected chi connectivity index (χ2v) is 9.29. The largest absolute Gasteiger partial charge is 0.354 e. The quantitative estimate of drug-likeness (QED) is 0.653. The van der Waals surface area contributed by atoms with Crippen LogP contribution in [0.1, 0.15) is 42.3 Å². The second-order valence-electron chi connectivity index (χ2n) is 9.29. The maximum absolute atomic E-state index is 12.7. The van der Waals surface area contributed by atoms with Gasteiger partial charge in [-0.15, -0.1) is 0 Å². The molecule has 32 heavy (non-hydrogen) atoms. The minimum Gasteiger partial charge on any atom is -0.354 e. The van der Waals surface area contributed by atoms with Crippen LogP contribution < -0.4 is 10.2 Å². The molecule has 6 nitrogen and oxygen atoms in total. The SMILES string of the molecule is CC(C)(C)c1ccc(C(=O)Nc2cc(N3CCN(Cc4ccccc4)CC3)ncn2)cc1. The average Bonchev–Trinajstić information content (AvgIpc) is 2.80. The van der Waals surface area contributed by atoms with Crippen LogP contribution in [0.2, 0.25) is 0 Å². The summed E-state index contributed by atoms with van der Waals surface area (Å²) in [5, 5.41) is 2.91. The summed E-state index contributed by atoms with van der Waals surface area (Å²) < 4.78 is 0. The first kappa shape index (κ1) is 22.0. The Hall–Kier alpha value is -3.25. The van der Waals surface area contributed by atoms with E-state index in [4.69, 9.17) is 0 Å². The summed E-state index contributed by atoms with van der Waals surface area (Å²) in [5.41, 5.74) is 3.21. The van der Waals surface area contributed by atoms with Gasteiger partial charge in [0.05, 0.1) is 0 Å². The zero-order chi connectivity index (χ0) is 22.6. The number of nitrogens with one attached hydrogen (secondary N) is 1.